The molecule has 4 atom stereocenters. The predicted octanol–water partition coefficient (Wildman–Crippen LogP) is 23.1. The second kappa shape index (κ2) is 51.8. The highest BCUT2D eigenvalue weighted by Crippen LogP contribution is 2.37. The van der Waals surface area contributed by atoms with E-state index in [9.17, 15) is 15.5 Å². The Bertz CT molecular complexity index is 6330. The van der Waals surface area contributed by atoms with Crippen molar-refractivity contribution in [3.63, 3.8) is 0 Å². The number of rotatable bonds is 37. The minimum Gasteiger partial charge on any atom is -0.485 e. The third kappa shape index (κ3) is 31.8. The van der Waals surface area contributed by atoms with Crippen molar-refractivity contribution in [2.45, 2.75) is 105 Å². The molecule has 0 aliphatic carbocycles. The van der Waals surface area contributed by atoms with Crippen molar-refractivity contribution in [1.82, 2.24) is 54.7 Å². The number of benzene rings is 8. The SMILES string of the molecule is C[C@@H]1COC(Cc2ccc3ncnc(Nc4ccc(OCc5nccs5)c(Cl)c4)c3c2)=N1.C[C@H](CO)CC(=S)Cc1ccc(N=CN(C)C)c(C#N)c1.C[C@H](CO)CC(=S)Cc1ccc2ncnc(Nc3ccc(OCc4nccs4)c(Cl)c3)c2c1.C[C@H](CO)CC(=S)Cc1ccc2ncnc(Nc3ccc(OCc4nccs4)c(Cl)c3)c2c1.Nc1ccc(OCc2nccs2)c(Cl)c1. The van der Waals surface area contributed by atoms with Crippen molar-refractivity contribution in [3.05, 3.63) is 279 Å². The van der Waals surface area contributed by atoms with E-state index < -0.39 is 0 Å². The third-order valence-electron chi connectivity index (χ3n) is 19.7. The molecule has 0 unspecified atom stereocenters. The van der Waals surface area contributed by atoms with Gasteiger partial charge in [-0.3, -0.25) is 0 Å². The Kier molecular flexibility index (Phi) is 39.2. The summed E-state index contributed by atoms with van der Waals surface area (Å²) in [4.78, 5) is 56.5. The zero-order chi connectivity index (χ0) is 94.8. The van der Waals surface area contributed by atoms with Gasteiger partial charge < -0.3 is 65.6 Å². The van der Waals surface area contributed by atoms with Crippen LogP contribution in [0.3, 0.4) is 0 Å². The molecule has 0 radical (unpaired) electrons. The second-order valence-corrected chi connectivity index (χ2v) is 38.5. The van der Waals surface area contributed by atoms with Gasteiger partial charge in [-0.25, -0.2) is 59.8 Å². The van der Waals surface area contributed by atoms with Crippen molar-refractivity contribution in [1.29, 1.82) is 5.26 Å². The van der Waals surface area contributed by atoms with E-state index in [1.165, 1.54) is 35.3 Å². The molecule has 0 spiro atoms. The molecular formula is C97H96Cl4N18O8S7. The Hall–Kier alpha value is -11.6. The van der Waals surface area contributed by atoms with Crippen LogP contribution in [0.4, 0.5) is 45.9 Å². The van der Waals surface area contributed by atoms with Crippen molar-refractivity contribution >= 4 is 234 Å². The first-order valence-corrected chi connectivity index (χ1v) is 48.5. The van der Waals surface area contributed by atoms with Crippen LogP contribution in [0.15, 0.2) is 221 Å². The topological polar surface area (TPSA) is 350 Å². The number of aliphatic imine (C=N–C) groups is 2. The van der Waals surface area contributed by atoms with Gasteiger partial charge in [-0.05, 0) is 202 Å². The summed E-state index contributed by atoms with van der Waals surface area (Å²) in [5.41, 5.74) is 16.6. The fraction of sp³-hybridized carbons (Fsp3) is 0.258. The Morgan fingerprint density at radius 2 is 0.843 bits per heavy atom. The van der Waals surface area contributed by atoms with E-state index in [0.29, 0.717) is 143 Å². The molecule has 0 amide bonds. The van der Waals surface area contributed by atoms with Gasteiger partial charge in [0.05, 0.1) is 60.3 Å². The van der Waals surface area contributed by atoms with Crippen LogP contribution in [-0.2, 0) is 56.8 Å². The lowest BCUT2D eigenvalue weighted by Gasteiger charge is -2.13. The molecule has 15 aromatic rings. The monoisotopic (exact) mass is 2000 g/mol. The van der Waals surface area contributed by atoms with Crippen LogP contribution in [0.2, 0.25) is 20.1 Å². The van der Waals surface area contributed by atoms with Crippen LogP contribution in [0.25, 0.3) is 32.7 Å². The molecule has 0 bridgehead atoms. The third-order valence-corrected chi connectivity index (χ3v) is 24.8. The molecule has 134 heavy (non-hydrogen) atoms. The molecule has 8 aromatic carbocycles. The number of thiocarbonyl (C=S) groups is 3. The zero-order valence-corrected chi connectivity index (χ0v) is 82.5. The number of nitrogens with one attached hydrogen (secondary N) is 3. The number of aliphatic hydroxyl groups excluding tert-OH is 3. The van der Waals surface area contributed by atoms with Crippen molar-refractivity contribution in [2.24, 2.45) is 27.7 Å². The Morgan fingerprint density at radius 3 is 1.17 bits per heavy atom. The van der Waals surface area contributed by atoms with Gasteiger partial charge >= 0.3 is 0 Å². The van der Waals surface area contributed by atoms with Crippen LogP contribution < -0.4 is 40.6 Å². The molecule has 8 heterocycles. The normalized spacial score (nSPS) is 12.6. The van der Waals surface area contributed by atoms with Gasteiger partial charge in [0, 0.05) is 145 Å². The Morgan fingerprint density at radius 1 is 0.493 bits per heavy atom. The maximum atomic E-state index is 9.27. The summed E-state index contributed by atoms with van der Waals surface area (Å²) in [7, 11) is 3.76. The van der Waals surface area contributed by atoms with E-state index in [-0.39, 0.29) is 43.6 Å². The van der Waals surface area contributed by atoms with Gasteiger partial charge in [-0.1, -0.05) is 128 Å². The molecule has 26 nitrogen and oxygen atoms in total. The number of hydrogen-bond acceptors (Lipinski definition) is 32. The average molecular weight is 2010 g/mol. The van der Waals surface area contributed by atoms with Crippen LogP contribution in [0.1, 0.15) is 94.8 Å². The van der Waals surface area contributed by atoms with Gasteiger partial charge in [0.2, 0.25) is 0 Å². The summed E-state index contributed by atoms with van der Waals surface area (Å²) in [5, 5.41) is 62.8. The van der Waals surface area contributed by atoms with Crippen molar-refractivity contribution in [2.75, 3.05) is 62.2 Å². The molecule has 7 aromatic heterocycles. The molecule has 37 heteroatoms. The number of anilines is 7. The fourth-order valence-corrected chi connectivity index (χ4v) is 17.5. The van der Waals surface area contributed by atoms with Gasteiger partial charge in [-0.2, -0.15) is 5.26 Å². The quantitative estimate of drug-likeness (QED) is 0.00823. The van der Waals surface area contributed by atoms with E-state index in [1.54, 1.807) is 78.3 Å². The minimum atomic E-state index is 0.136. The van der Waals surface area contributed by atoms with Gasteiger partial charge in [0.25, 0.3) is 0 Å². The smallest absolute Gasteiger partial charge is 0.188 e. The molecule has 692 valence electrons. The standard InChI is InChI=1S/2C24H23ClN4O2S2.C23H20ClN5O2S.C16H21N3OS.C10H9ClN2OS/c2*1-15(12-30)8-18(32)9-16-2-4-21-19(10-16)24(28-14-27-21)29-17-3-5-22(20(25)11-17)31-13-23-26-6-7-33-23;1-14-11-31-21(28-14)9-15-2-4-19-17(8-15)23(27-13-26-19)29-16-3-5-20(18(24)10-16)30-12-22-25-6-7-32-22;1-12(10-20)6-15(21)8-13-4-5-16(14(7-13)9-17)18-11-19(2)3;11-8-5-7(12)1-2-9(8)14-6-10-13-3-4-15-10/h2*2-7,10-11,14-15,30H,8-9,12-13H2,1H3,(H,27,28,29);2-8,10,13-14H,9,11-12H2,1H3,(H,26,27,29);4-5,7,11-12,20H,6,8,10H2,1-3H3;1-5H,6,12H2/t2*15-;14-;12-;/m0010./s1. The highest BCUT2D eigenvalue weighted by atomic mass is 35.5. The summed E-state index contributed by atoms with van der Waals surface area (Å²) in [6.07, 6.45) is 18.1. The summed E-state index contributed by atoms with van der Waals surface area (Å²) >= 11 is 47.8. The van der Waals surface area contributed by atoms with Crippen LogP contribution in [0.5, 0.6) is 23.0 Å². The van der Waals surface area contributed by atoms with Gasteiger partial charge in [0.1, 0.15) is 119 Å². The first kappa shape index (κ1) is 101. The fourth-order valence-electron chi connectivity index (χ4n) is 13.1. The van der Waals surface area contributed by atoms with E-state index in [0.717, 1.165) is 125 Å². The van der Waals surface area contributed by atoms with E-state index in [2.05, 4.69) is 100 Å². The van der Waals surface area contributed by atoms with Crippen molar-refractivity contribution in [3.8, 4) is 29.1 Å². The summed E-state index contributed by atoms with van der Waals surface area (Å²) in [6.45, 7) is 10.6. The summed E-state index contributed by atoms with van der Waals surface area (Å²) < 4.78 is 28.5. The van der Waals surface area contributed by atoms with E-state index >= 15 is 0 Å². The van der Waals surface area contributed by atoms with Crippen LogP contribution in [0, 0.1) is 29.1 Å². The highest BCUT2D eigenvalue weighted by Gasteiger charge is 2.20. The Balaban J connectivity index is 0.000000155. The zero-order valence-electron chi connectivity index (χ0n) is 73.8. The van der Waals surface area contributed by atoms with Crippen molar-refractivity contribution < 1.29 is 39.0 Å². The summed E-state index contributed by atoms with van der Waals surface area (Å²) in [6, 6.07) is 48.0. The molecular weight excluding hydrogens is 1910 g/mol. The molecule has 8 N–H and O–H groups in total. The number of thiazole rings is 4. The number of nitriles is 1. The van der Waals surface area contributed by atoms with E-state index in [4.69, 9.17) is 118 Å². The number of aromatic nitrogens is 10. The number of nitrogens with two attached hydrogens (primary N) is 1. The molecule has 0 fully saturated rings. The molecule has 0 saturated heterocycles. The second-order valence-electron chi connectivity index (χ2n) is 31.2. The minimum absolute atomic E-state index is 0.136. The number of nitrogens with zero attached hydrogens (tertiary/aromatic N) is 14. The highest BCUT2D eigenvalue weighted by molar-refractivity contribution is 7.80. The molecule has 16 rings (SSSR count). The molecule has 1 aliphatic heterocycles. The molecule has 0 saturated carbocycles. The lowest BCUT2D eigenvalue weighted by atomic mass is 10.00. The van der Waals surface area contributed by atoms with Gasteiger partial charge in [0.15, 0.2) is 5.90 Å². The number of halogens is 4. The van der Waals surface area contributed by atoms with Crippen LogP contribution in [-0.4, -0.2) is 143 Å². The number of nitrogen functional groups attached to an aromatic ring is 1. The first-order valence-electron chi connectivity index (χ1n) is 42.2. The van der Waals surface area contributed by atoms with E-state index in [1.807, 2.05) is 177 Å². The first-order chi connectivity index (χ1) is 64.9. The average Bonchev–Trinajstić information content (AvgIpc) is 1.15. The lowest BCUT2D eigenvalue weighted by molar-refractivity contribution is 0.241. The maximum Gasteiger partial charge on any atom is 0.188 e. The van der Waals surface area contributed by atoms with Crippen LogP contribution >= 0.6 is 128 Å². The number of hydrogen-bond donors (Lipinski definition) is 7. The summed E-state index contributed by atoms with van der Waals surface area (Å²) in [5.74, 6) is 5.76. The number of fused-ring (bicyclic) bond motifs is 3. The lowest BCUT2D eigenvalue weighted by Crippen LogP contribution is -2.09. The number of aliphatic hydroxyl groups is 3. The van der Waals surface area contributed by atoms with Gasteiger partial charge in [-0.15, -0.1) is 45.3 Å². The maximum absolute atomic E-state index is 9.27. The predicted molar refractivity (Wildman–Crippen MR) is 556 cm³/mol. The molecule has 1 aliphatic rings. The number of ether oxygens (including phenoxy) is 5. The Labute approximate surface area is 828 Å². The largest absolute Gasteiger partial charge is 0.485 e.